The first-order valence-electron chi connectivity index (χ1n) is 8.76. The largest absolute Gasteiger partial charge is 0.497 e. The smallest absolute Gasteiger partial charge is 0.342 e. The van der Waals surface area contributed by atoms with Crippen LogP contribution in [-0.4, -0.2) is 38.7 Å². The Morgan fingerprint density at radius 2 is 1.78 bits per heavy atom. The highest BCUT2D eigenvalue weighted by Gasteiger charge is 2.17. The average molecular weight is 371 g/mol. The monoisotopic (exact) mass is 371 g/mol. The summed E-state index contributed by atoms with van der Waals surface area (Å²) in [5.74, 6) is -0.0673. The molecule has 2 aromatic carbocycles. The van der Waals surface area contributed by atoms with Crippen molar-refractivity contribution < 1.29 is 23.8 Å². The maximum atomic E-state index is 12.2. The average Bonchev–Trinajstić information content (AvgIpc) is 2.70. The second-order valence-corrected chi connectivity index (χ2v) is 6.14. The normalized spacial score (nSPS) is 11.4. The van der Waals surface area contributed by atoms with Gasteiger partial charge in [0.1, 0.15) is 17.1 Å². The number of carbonyl (C=O) groups is 2. The van der Waals surface area contributed by atoms with Crippen molar-refractivity contribution in [2.75, 3.05) is 20.8 Å². The molecule has 1 atom stereocenters. The molecule has 0 aliphatic rings. The van der Waals surface area contributed by atoms with Crippen LogP contribution in [0.1, 0.15) is 29.3 Å². The summed E-state index contributed by atoms with van der Waals surface area (Å²) in [5, 5.41) is 2.84. The molecule has 0 aliphatic heterocycles. The highest BCUT2D eigenvalue weighted by molar-refractivity contribution is 5.94. The fourth-order valence-electron chi connectivity index (χ4n) is 2.59. The SMILES string of the molecule is COc1ccc(C(=O)OCC(=O)N[C@@H](C)CCc2ccccc2)c(OC)c1. The second-order valence-electron chi connectivity index (χ2n) is 6.14. The van der Waals surface area contributed by atoms with Crippen LogP contribution in [-0.2, 0) is 16.0 Å². The topological polar surface area (TPSA) is 73.9 Å². The van der Waals surface area contributed by atoms with Crippen molar-refractivity contribution in [3.63, 3.8) is 0 Å². The molecular formula is C21H25NO5. The minimum Gasteiger partial charge on any atom is -0.497 e. The van der Waals surface area contributed by atoms with Crippen LogP contribution < -0.4 is 14.8 Å². The molecular weight excluding hydrogens is 346 g/mol. The van der Waals surface area contributed by atoms with Crippen LogP contribution in [0.2, 0.25) is 0 Å². The van der Waals surface area contributed by atoms with Crippen LogP contribution in [0.5, 0.6) is 11.5 Å². The number of hydrogen-bond acceptors (Lipinski definition) is 5. The third kappa shape index (κ3) is 6.33. The van der Waals surface area contributed by atoms with Crippen molar-refractivity contribution in [1.29, 1.82) is 0 Å². The molecule has 0 heterocycles. The van der Waals surface area contributed by atoms with E-state index in [1.54, 1.807) is 18.2 Å². The molecule has 144 valence electrons. The predicted molar refractivity (Wildman–Crippen MR) is 102 cm³/mol. The maximum absolute atomic E-state index is 12.2. The lowest BCUT2D eigenvalue weighted by Gasteiger charge is -2.14. The van der Waals surface area contributed by atoms with E-state index in [-0.39, 0.29) is 24.1 Å². The Balaban J connectivity index is 1.80. The molecule has 6 heteroatoms. The molecule has 2 rings (SSSR count). The molecule has 0 aromatic heterocycles. The minimum atomic E-state index is -0.624. The Bertz CT molecular complexity index is 760. The van der Waals surface area contributed by atoms with E-state index in [9.17, 15) is 9.59 Å². The summed E-state index contributed by atoms with van der Waals surface area (Å²) < 4.78 is 15.4. The Morgan fingerprint density at radius 3 is 2.44 bits per heavy atom. The van der Waals surface area contributed by atoms with Crippen LogP contribution in [0.25, 0.3) is 0 Å². The Morgan fingerprint density at radius 1 is 1.04 bits per heavy atom. The highest BCUT2D eigenvalue weighted by atomic mass is 16.5. The minimum absolute atomic E-state index is 0.0214. The summed E-state index contributed by atoms with van der Waals surface area (Å²) in [7, 11) is 2.97. The van der Waals surface area contributed by atoms with Gasteiger partial charge in [0.05, 0.1) is 14.2 Å². The zero-order valence-electron chi connectivity index (χ0n) is 15.9. The second kappa shape index (κ2) is 10.2. The predicted octanol–water partition coefficient (Wildman–Crippen LogP) is 3.00. The number of ether oxygens (including phenoxy) is 3. The number of rotatable bonds is 9. The number of nitrogens with one attached hydrogen (secondary N) is 1. The van der Waals surface area contributed by atoms with E-state index >= 15 is 0 Å². The van der Waals surface area contributed by atoms with Crippen molar-refractivity contribution in [3.05, 3.63) is 59.7 Å². The molecule has 0 bridgehead atoms. The summed E-state index contributed by atoms with van der Waals surface area (Å²) in [6, 6.07) is 14.8. The van der Waals surface area contributed by atoms with Crippen LogP contribution in [0.15, 0.2) is 48.5 Å². The third-order valence-electron chi connectivity index (χ3n) is 4.08. The molecule has 1 amide bonds. The van der Waals surface area contributed by atoms with Crippen molar-refractivity contribution in [2.24, 2.45) is 0 Å². The third-order valence-corrected chi connectivity index (χ3v) is 4.08. The molecule has 0 spiro atoms. The van der Waals surface area contributed by atoms with Gasteiger partial charge in [-0.3, -0.25) is 4.79 Å². The van der Waals surface area contributed by atoms with Gasteiger partial charge in [-0.1, -0.05) is 30.3 Å². The standard InChI is InChI=1S/C21H25NO5/c1-15(9-10-16-7-5-4-6-8-16)22-20(23)14-27-21(24)18-12-11-17(25-2)13-19(18)26-3/h4-8,11-13,15H,9-10,14H2,1-3H3,(H,22,23)/t15-/m0/s1. The molecule has 1 N–H and O–H groups in total. The van der Waals surface area contributed by atoms with E-state index in [1.807, 2.05) is 25.1 Å². The van der Waals surface area contributed by atoms with Crippen molar-refractivity contribution in [3.8, 4) is 11.5 Å². The lowest BCUT2D eigenvalue weighted by atomic mass is 10.1. The van der Waals surface area contributed by atoms with Crippen molar-refractivity contribution >= 4 is 11.9 Å². The number of esters is 1. The zero-order chi connectivity index (χ0) is 19.6. The number of hydrogen-bond donors (Lipinski definition) is 1. The Labute approximate surface area is 159 Å². The molecule has 27 heavy (non-hydrogen) atoms. The first-order chi connectivity index (χ1) is 13.0. The molecule has 0 saturated heterocycles. The number of benzene rings is 2. The summed E-state index contributed by atoms with van der Waals surface area (Å²) in [5.41, 5.74) is 1.46. The number of aryl methyl sites for hydroxylation is 1. The van der Waals surface area contributed by atoms with E-state index in [0.29, 0.717) is 11.5 Å². The molecule has 0 aliphatic carbocycles. The Kier molecular flexibility index (Phi) is 7.67. The number of carbonyl (C=O) groups excluding carboxylic acids is 2. The lowest BCUT2D eigenvalue weighted by molar-refractivity contribution is -0.124. The van der Waals surface area contributed by atoms with E-state index < -0.39 is 5.97 Å². The van der Waals surface area contributed by atoms with Crippen LogP contribution in [0.3, 0.4) is 0 Å². The van der Waals surface area contributed by atoms with Gasteiger partial charge in [-0.15, -0.1) is 0 Å². The Hall–Kier alpha value is -3.02. The zero-order valence-corrected chi connectivity index (χ0v) is 15.9. The van der Waals surface area contributed by atoms with Gasteiger partial charge in [-0.25, -0.2) is 4.79 Å². The van der Waals surface area contributed by atoms with E-state index in [4.69, 9.17) is 14.2 Å². The van der Waals surface area contributed by atoms with Gasteiger partial charge in [0.25, 0.3) is 5.91 Å². The van der Waals surface area contributed by atoms with Crippen molar-refractivity contribution in [2.45, 2.75) is 25.8 Å². The van der Waals surface area contributed by atoms with E-state index in [2.05, 4.69) is 17.4 Å². The fraction of sp³-hybridized carbons (Fsp3) is 0.333. The van der Waals surface area contributed by atoms with Gasteiger partial charge in [0, 0.05) is 12.1 Å². The van der Waals surface area contributed by atoms with E-state index in [1.165, 1.54) is 19.8 Å². The van der Waals surface area contributed by atoms with Crippen LogP contribution >= 0.6 is 0 Å². The maximum Gasteiger partial charge on any atom is 0.342 e. The summed E-state index contributed by atoms with van der Waals surface area (Å²) >= 11 is 0. The van der Waals surface area contributed by atoms with Gasteiger partial charge >= 0.3 is 5.97 Å². The van der Waals surface area contributed by atoms with Crippen LogP contribution in [0, 0.1) is 0 Å². The molecule has 6 nitrogen and oxygen atoms in total. The van der Waals surface area contributed by atoms with Gasteiger partial charge < -0.3 is 19.5 Å². The fourth-order valence-corrected chi connectivity index (χ4v) is 2.59. The van der Waals surface area contributed by atoms with Crippen LogP contribution in [0.4, 0.5) is 0 Å². The lowest BCUT2D eigenvalue weighted by Crippen LogP contribution is -2.36. The number of amides is 1. The van der Waals surface area contributed by atoms with Gasteiger partial charge in [-0.2, -0.15) is 0 Å². The molecule has 0 radical (unpaired) electrons. The summed E-state index contributed by atoms with van der Waals surface area (Å²) in [6.07, 6.45) is 1.67. The summed E-state index contributed by atoms with van der Waals surface area (Å²) in [6.45, 7) is 1.58. The summed E-state index contributed by atoms with van der Waals surface area (Å²) in [4.78, 5) is 24.2. The first-order valence-corrected chi connectivity index (χ1v) is 8.76. The van der Waals surface area contributed by atoms with Gasteiger partial charge in [0.15, 0.2) is 6.61 Å². The van der Waals surface area contributed by atoms with E-state index in [0.717, 1.165) is 12.8 Å². The molecule has 0 saturated carbocycles. The first kappa shape index (κ1) is 20.3. The van der Waals surface area contributed by atoms with Gasteiger partial charge in [0.2, 0.25) is 0 Å². The molecule has 0 fully saturated rings. The molecule has 2 aromatic rings. The van der Waals surface area contributed by atoms with Crippen molar-refractivity contribution in [1.82, 2.24) is 5.32 Å². The molecule has 0 unspecified atom stereocenters. The number of methoxy groups -OCH3 is 2. The highest BCUT2D eigenvalue weighted by Crippen LogP contribution is 2.25. The van der Waals surface area contributed by atoms with Gasteiger partial charge in [-0.05, 0) is 37.5 Å². The quantitative estimate of drug-likeness (QED) is 0.686.